The molecule has 3 aliphatic rings. The Hall–Kier alpha value is -1.71. The van der Waals surface area contributed by atoms with E-state index in [-0.39, 0.29) is 18.3 Å². The Morgan fingerprint density at radius 2 is 2.04 bits per heavy atom. The van der Waals surface area contributed by atoms with Crippen LogP contribution in [0.15, 0.2) is 0 Å². The Morgan fingerprint density at radius 3 is 2.68 bits per heavy atom. The number of nitrogens with zero attached hydrogens (tertiary/aromatic N) is 2. The first-order valence-electron chi connectivity index (χ1n) is 8.65. The number of hydrogen-bond acceptors (Lipinski definition) is 6. The quantitative estimate of drug-likeness (QED) is 0.515. The highest BCUT2D eigenvalue weighted by Gasteiger charge is 2.49. The summed E-state index contributed by atoms with van der Waals surface area (Å²) < 4.78 is 5.26. The molecule has 0 unspecified atom stereocenters. The van der Waals surface area contributed by atoms with E-state index in [9.17, 15) is 14.7 Å². The topological polar surface area (TPSA) is 119 Å². The molecule has 25 heavy (non-hydrogen) atoms. The smallest absolute Gasteiger partial charge is 0.290 e. The summed E-state index contributed by atoms with van der Waals surface area (Å²) in [5.74, 6) is 0.0285. The Balaban J connectivity index is 0.000000701. The zero-order chi connectivity index (χ0) is 18.3. The summed E-state index contributed by atoms with van der Waals surface area (Å²) in [6, 6.07) is 0. The van der Waals surface area contributed by atoms with Crippen LogP contribution in [0.25, 0.3) is 0 Å². The van der Waals surface area contributed by atoms with E-state index in [0.29, 0.717) is 65.3 Å². The average molecular weight is 357 g/mol. The maximum absolute atomic E-state index is 12.4. The van der Waals surface area contributed by atoms with Crippen LogP contribution in [0.5, 0.6) is 0 Å². The summed E-state index contributed by atoms with van der Waals surface area (Å²) in [5.41, 5.74) is -0.734. The van der Waals surface area contributed by atoms with Crippen molar-refractivity contribution in [3.05, 3.63) is 0 Å². The number of morpholine rings is 1. The van der Waals surface area contributed by atoms with Crippen molar-refractivity contribution in [3.8, 4) is 0 Å². The van der Waals surface area contributed by atoms with Gasteiger partial charge >= 0.3 is 0 Å². The van der Waals surface area contributed by atoms with Crippen molar-refractivity contribution < 1.29 is 29.3 Å². The van der Waals surface area contributed by atoms with E-state index >= 15 is 0 Å². The molecule has 9 heteroatoms. The van der Waals surface area contributed by atoms with Gasteiger partial charge in [0.05, 0.1) is 31.3 Å². The Labute approximate surface area is 146 Å². The van der Waals surface area contributed by atoms with Crippen LogP contribution in [-0.2, 0) is 19.1 Å². The lowest BCUT2D eigenvalue weighted by molar-refractivity contribution is -0.152. The Morgan fingerprint density at radius 1 is 1.36 bits per heavy atom. The number of rotatable bonds is 2. The molecule has 0 aliphatic carbocycles. The van der Waals surface area contributed by atoms with Gasteiger partial charge in [-0.05, 0) is 19.3 Å². The molecule has 3 rings (SSSR count). The number of amides is 2. The molecular weight excluding hydrogens is 330 g/mol. The van der Waals surface area contributed by atoms with Crippen molar-refractivity contribution in [1.82, 2.24) is 15.1 Å². The number of carbonyl (C=O) groups excluding carboxylic acids is 2. The number of piperidine rings is 2. The van der Waals surface area contributed by atoms with Crippen LogP contribution in [-0.4, -0.2) is 96.9 Å². The second-order valence-corrected chi connectivity index (χ2v) is 6.63. The first-order valence-corrected chi connectivity index (χ1v) is 8.65. The molecule has 9 nitrogen and oxygen atoms in total. The lowest BCUT2D eigenvalue weighted by Crippen LogP contribution is -2.62. The highest BCUT2D eigenvalue weighted by atomic mass is 16.5. The Bertz CT molecular complexity index is 482. The van der Waals surface area contributed by atoms with E-state index in [2.05, 4.69) is 5.32 Å². The van der Waals surface area contributed by atoms with Gasteiger partial charge in [0.15, 0.2) is 0 Å². The lowest BCUT2D eigenvalue weighted by atomic mass is 9.71. The second-order valence-electron chi connectivity index (χ2n) is 6.63. The van der Waals surface area contributed by atoms with Gasteiger partial charge in [0.25, 0.3) is 6.47 Å². The normalized spacial score (nSPS) is 30.2. The van der Waals surface area contributed by atoms with E-state index in [1.165, 1.54) is 0 Å². The zero-order valence-corrected chi connectivity index (χ0v) is 14.4. The molecule has 0 aromatic heterocycles. The third-order valence-corrected chi connectivity index (χ3v) is 5.12. The van der Waals surface area contributed by atoms with Crippen LogP contribution in [0.1, 0.15) is 19.3 Å². The maximum atomic E-state index is 12.4. The lowest BCUT2D eigenvalue weighted by Gasteiger charge is -2.47. The fraction of sp³-hybridized carbons (Fsp3) is 0.812. The fourth-order valence-electron chi connectivity index (χ4n) is 3.77. The van der Waals surface area contributed by atoms with Crippen molar-refractivity contribution in [1.29, 1.82) is 0 Å². The molecule has 3 N–H and O–H groups in total. The fourth-order valence-corrected chi connectivity index (χ4v) is 3.77. The van der Waals surface area contributed by atoms with Crippen LogP contribution in [0.3, 0.4) is 0 Å². The van der Waals surface area contributed by atoms with E-state index in [4.69, 9.17) is 14.6 Å². The van der Waals surface area contributed by atoms with E-state index in [1.54, 1.807) is 0 Å². The molecule has 0 aromatic rings. The second kappa shape index (κ2) is 9.12. The molecule has 3 saturated heterocycles. The van der Waals surface area contributed by atoms with Gasteiger partial charge in [0.2, 0.25) is 11.8 Å². The number of aliphatic hydroxyl groups excluding tert-OH is 1. The van der Waals surface area contributed by atoms with Crippen LogP contribution in [0, 0.1) is 5.41 Å². The third-order valence-electron chi connectivity index (χ3n) is 5.12. The van der Waals surface area contributed by atoms with Gasteiger partial charge in [-0.15, -0.1) is 0 Å². The maximum Gasteiger partial charge on any atom is 0.290 e. The predicted molar refractivity (Wildman–Crippen MR) is 87.8 cm³/mol. The molecule has 2 amide bonds. The molecule has 2 atom stereocenters. The summed E-state index contributed by atoms with van der Waals surface area (Å²) in [5, 5.41) is 20.1. The number of nitrogens with one attached hydrogen (secondary N) is 1. The zero-order valence-electron chi connectivity index (χ0n) is 14.4. The van der Waals surface area contributed by atoms with Crippen molar-refractivity contribution >= 4 is 18.3 Å². The molecule has 0 bridgehead atoms. The van der Waals surface area contributed by atoms with Crippen LogP contribution in [0.2, 0.25) is 0 Å². The SMILES string of the molecule is O=C(CN1CC[C@@H](O)[C@@]2(CCCNC2=O)C1)N1CCOCC1.O=CO. The van der Waals surface area contributed by atoms with Crippen molar-refractivity contribution in [3.63, 3.8) is 0 Å². The standard InChI is InChI=1S/C15H25N3O4.CH2O2/c19-12-2-5-17(10-13(20)18-6-8-22-9-7-18)11-15(12)3-1-4-16-14(15)21;2-1-3/h12,19H,1-11H2,(H,16,21);1H,(H,2,3)/t12-,15-;/m1./s1. The number of likely N-dealkylation sites (tertiary alicyclic amines) is 1. The van der Waals surface area contributed by atoms with Gasteiger partial charge in [-0.25, -0.2) is 0 Å². The molecule has 0 radical (unpaired) electrons. The molecule has 3 fully saturated rings. The first-order chi connectivity index (χ1) is 12.0. The summed E-state index contributed by atoms with van der Waals surface area (Å²) in [7, 11) is 0. The highest BCUT2D eigenvalue weighted by Crippen LogP contribution is 2.37. The number of carboxylic acid groups (broad SMARTS) is 1. The van der Waals surface area contributed by atoms with Gasteiger partial charge in [-0.3, -0.25) is 19.3 Å². The van der Waals surface area contributed by atoms with Crippen molar-refractivity contribution in [2.24, 2.45) is 5.41 Å². The van der Waals surface area contributed by atoms with Gasteiger partial charge in [-0.2, -0.15) is 0 Å². The third kappa shape index (κ3) is 4.68. The van der Waals surface area contributed by atoms with E-state index in [1.807, 2.05) is 9.80 Å². The summed E-state index contributed by atoms with van der Waals surface area (Å²) >= 11 is 0. The summed E-state index contributed by atoms with van der Waals surface area (Å²) in [6.07, 6.45) is 1.52. The van der Waals surface area contributed by atoms with Crippen LogP contribution in [0.4, 0.5) is 0 Å². The Kier molecular flexibility index (Phi) is 7.15. The summed E-state index contributed by atoms with van der Waals surface area (Å²) in [6.45, 7) is 4.35. The number of carbonyl (C=O) groups is 3. The molecule has 142 valence electrons. The van der Waals surface area contributed by atoms with Gasteiger partial charge in [0, 0.05) is 32.7 Å². The summed E-state index contributed by atoms with van der Waals surface area (Å²) in [4.78, 5) is 36.9. The highest BCUT2D eigenvalue weighted by molar-refractivity contribution is 5.84. The minimum atomic E-state index is -0.734. The van der Waals surface area contributed by atoms with Crippen LogP contribution < -0.4 is 5.32 Å². The van der Waals surface area contributed by atoms with Crippen molar-refractivity contribution in [2.45, 2.75) is 25.4 Å². The number of hydrogen-bond donors (Lipinski definition) is 3. The predicted octanol–water partition coefficient (Wildman–Crippen LogP) is -1.49. The molecule has 3 heterocycles. The largest absolute Gasteiger partial charge is 0.483 e. The molecule has 0 saturated carbocycles. The minimum Gasteiger partial charge on any atom is -0.483 e. The van der Waals surface area contributed by atoms with Gasteiger partial charge < -0.3 is 25.2 Å². The number of ether oxygens (including phenoxy) is 1. The van der Waals surface area contributed by atoms with Crippen molar-refractivity contribution in [2.75, 3.05) is 52.5 Å². The van der Waals surface area contributed by atoms with E-state index < -0.39 is 11.5 Å². The van der Waals surface area contributed by atoms with Crippen LogP contribution >= 0.6 is 0 Å². The van der Waals surface area contributed by atoms with E-state index in [0.717, 1.165) is 6.42 Å². The number of aliphatic hydroxyl groups is 1. The van der Waals surface area contributed by atoms with Gasteiger partial charge in [-0.1, -0.05) is 0 Å². The minimum absolute atomic E-state index is 0.0604. The first kappa shape index (κ1) is 19.6. The monoisotopic (exact) mass is 357 g/mol. The average Bonchev–Trinajstić information content (AvgIpc) is 2.62. The molecular formula is C16H27N3O6. The molecule has 3 aliphatic heterocycles. The molecule has 1 spiro atoms. The molecule has 0 aromatic carbocycles. The van der Waals surface area contributed by atoms with Gasteiger partial charge in [0.1, 0.15) is 0 Å².